The fourth-order valence-corrected chi connectivity index (χ4v) is 8.17. The van der Waals surface area contributed by atoms with Crippen LogP contribution >= 0.6 is 0 Å². The minimum absolute atomic E-state index is 0.179. The summed E-state index contributed by atoms with van der Waals surface area (Å²) in [5.74, 6) is 8.01. The molecule has 0 aromatic heterocycles. The largest absolute Gasteiger partial charge is 0.366 e. The van der Waals surface area contributed by atoms with Crippen LogP contribution in [0.5, 0.6) is 0 Å². The maximum atomic E-state index is 6.74. The first-order valence-corrected chi connectivity index (χ1v) is 7.66. The van der Waals surface area contributed by atoms with E-state index in [1.807, 2.05) is 0 Å². The highest BCUT2D eigenvalue weighted by Gasteiger charge is 2.92. The highest BCUT2D eigenvalue weighted by molar-refractivity contribution is 5.44. The van der Waals surface area contributed by atoms with Crippen molar-refractivity contribution in [1.82, 2.24) is 0 Å². The summed E-state index contributed by atoms with van der Waals surface area (Å²) in [6, 6.07) is 11.2. The molecular weight excluding hydrogens is 220 g/mol. The Morgan fingerprint density at radius 3 is 2.67 bits per heavy atom. The molecule has 4 bridgehead atoms. The zero-order valence-corrected chi connectivity index (χ0v) is 10.2. The summed E-state index contributed by atoms with van der Waals surface area (Å²) in [5.41, 5.74) is 1.70. The van der Waals surface area contributed by atoms with E-state index in [0.717, 1.165) is 47.3 Å². The average Bonchev–Trinajstić information content (AvgIpc) is 3.01. The Bertz CT molecular complexity index is 585. The molecule has 1 heteroatoms. The second-order valence-corrected chi connectivity index (χ2v) is 7.67. The normalized spacial score (nSPS) is 70.6. The van der Waals surface area contributed by atoms with Gasteiger partial charge < -0.3 is 4.74 Å². The van der Waals surface area contributed by atoms with Crippen LogP contribution in [0.2, 0.25) is 0 Å². The Balaban J connectivity index is 1.58. The number of benzene rings is 1. The molecule has 0 unspecified atom stereocenters. The summed E-state index contributed by atoms with van der Waals surface area (Å²) in [6.07, 6.45) is 2.23. The molecule has 5 saturated carbocycles. The molecule has 2 heterocycles. The molecule has 1 nitrogen and oxygen atoms in total. The molecule has 0 radical (unpaired) electrons. The van der Waals surface area contributed by atoms with Crippen molar-refractivity contribution in [2.45, 2.75) is 18.1 Å². The van der Waals surface area contributed by atoms with Crippen molar-refractivity contribution < 1.29 is 4.74 Å². The van der Waals surface area contributed by atoms with Gasteiger partial charge in [-0.3, -0.25) is 0 Å². The molecule has 7 fully saturated rings. The van der Waals surface area contributed by atoms with Gasteiger partial charge in [-0.1, -0.05) is 30.3 Å². The summed E-state index contributed by atoms with van der Waals surface area (Å²) in [7, 11) is 0. The van der Waals surface area contributed by atoms with Crippen LogP contribution in [0.1, 0.15) is 12.0 Å². The molecule has 0 N–H and O–H groups in total. The molecule has 1 aromatic rings. The van der Waals surface area contributed by atoms with Gasteiger partial charge in [0.2, 0.25) is 0 Å². The molecule has 0 spiro atoms. The number of rotatable bonds is 1. The predicted molar refractivity (Wildman–Crippen MR) is 65.5 cm³/mol. The first kappa shape index (κ1) is 8.37. The summed E-state index contributed by atoms with van der Waals surface area (Å²) >= 11 is 0. The molecule has 0 amide bonds. The van der Waals surface area contributed by atoms with Crippen molar-refractivity contribution in [3.63, 3.8) is 0 Å². The van der Waals surface area contributed by atoms with Gasteiger partial charge in [-0.25, -0.2) is 0 Å². The van der Waals surface area contributed by atoms with Crippen LogP contribution < -0.4 is 0 Å². The van der Waals surface area contributed by atoms with E-state index in [1.165, 1.54) is 5.56 Å². The molecule has 10 atom stereocenters. The molecular formula is C17H16O. The van der Waals surface area contributed by atoms with Gasteiger partial charge in [0, 0.05) is 11.8 Å². The molecule has 7 aliphatic rings. The molecule has 1 aromatic carbocycles. The first-order valence-electron chi connectivity index (χ1n) is 7.66. The van der Waals surface area contributed by atoms with Crippen LogP contribution in [0.15, 0.2) is 30.3 Å². The number of hydrogen-bond acceptors (Lipinski definition) is 1. The number of hydrogen-bond donors (Lipinski definition) is 0. The van der Waals surface area contributed by atoms with Crippen LogP contribution in [0, 0.1) is 47.3 Å². The minimum Gasteiger partial charge on any atom is -0.366 e. The second-order valence-electron chi connectivity index (χ2n) is 7.67. The molecule has 8 rings (SSSR count). The lowest BCUT2D eigenvalue weighted by atomic mass is 9.56. The van der Waals surface area contributed by atoms with Crippen LogP contribution in [0.4, 0.5) is 0 Å². The summed E-state index contributed by atoms with van der Waals surface area (Å²) in [6.45, 7) is 0. The molecule has 5 aliphatic carbocycles. The van der Waals surface area contributed by atoms with Crippen molar-refractivity contribution >= 4 is 0 Å². The van der Waals surface area contributed by atoms with E-state index in [2.05, 4.69) is 30.3 Å². The monoisotopic (exact) mass is 236 g/mol. The predicted octanol–water partition coefficient (Wildman–Crippen LogP) is 2.67. The van der Waals surface area contributed by atoms with Gasteiger partial charge >= 0.3 is 0 Å². The maximum Gasteiger partial charge on any atom is 0.100 e. The summed E-state index contributed by atoms with van der Waals surface area (Å²) in [5, 5.41) is 0. The highest BCUT2D eigenvalue weighted by Crippen LogP contribution is 2.92. The van der Waals surface area contributed by atoms with Crippen LogP contribution in [-0.4, -0.2) is 6.10 Å². The third-order valence-corrected chi connectivity index (χ3v) is 7.93. The van der Waals surface area contributed by atoms with Gasteiger partial charge in [-0.05, 0) is 47.5 Å². The quantitative estimate of drug-likeness (QED) is 0.728. The zero-order valence-electron chi connectivity index (χ0n) is 10.2. The van der Waals surface area contributed by atoms with E-state index in [4.69, 9.17) is 4.74 Å². The van der Waals surface area contributed by atoms with Crippen molar-refractivity contribution in [3.8, 4) is 0 Å². The van der Waals surface area contributed by atoms with Crippen LogP contribution in [0.25, 0.3) is 0 Å². The van der Waals surface area contributed by atoms with Gasteiger partial charge in [-0.2, -0.15) is 0 Å². The van der Waals surface area contributed by atoms with Crippen molar-refractivity contribution in [2.24, 2.45) is 47.3 Å². The molecule has 2 aliphatic heterocycles. The van der Waals surface area contributed by atoms with Gasteiger partial charge in [0.05, 0.1) is 6.10 Å². The van der Waals surface area contributed by atoms with Gasteiger partial charge in [-0.15, -0.1) is 0 Å². The van der Waals surface area contributed by atoms with Crippen molar-refractivity contribution in [3.05, 3.63) is 35.9 Å². The Hall–Kier alpha value is -0.820. The van der Waals surface area contributed by atoms with Crippen molar-refractivity contribution in [1.29, 1.82) is 0 Å². The van der Waals surface area contributed by atoms with E-state index in [1.54, 1.807) is 6.42 Å². The molecule has 90 valence electrons. The van der Waals surface area contributed by atoms with Gasteiger partial charge in [0.1, 0.15) is 5.60 Å². The standard InChI is InChI=1S/C17H16O/c1-2-4-7(5-3-1)17-14-9-6-8-10-11(9)15(17)13(10)16(18-17)12(8)14/h1-5,8-16H,6H2/t8-,9-,10+,11+,12+,13+,14+,15+,16-,17-/m0/s1. The van der Waals surface area contributed by atoms with Gasteiger partial charge in [0.15, 0.2) is 0 Å². The van der Waals surface area contributed by atoms with Crippen molar-refractivity contribution in [2.75, 3.05) is 0 Å². The minimum atomic E-state index is 0.179. The van der Waals surface area contributed by atoms with E-state index in [9.17, 15) is 0 Å². The second kappa shape index (κ2) is 2.10. The SMILES string of the molecule is c1ccc([C@@]23O[C@@H]4[C@@H]5[C@@H]6[C@@H]7C[C@@H]([C@H]6[C@H]52)[C@@H]3[C@@H]74)cc1. The van der Waals surface area contributed by atoms with E-state index in [0.29, 0.717) is 6.10 Å². The topological polar surface area (TPSA) is 9.23 Å². The average molecular weight is 236 g/mol. The molecule has 2 saturated heterocycles. The van der Waals surface area contributed by atoms with Crippen LogP contribution in [0.3, 0.4) is 0 Å². The summed E-state index contributed by atoms with van der Waals surface area (Å²) in [4.78, 5) is 0. The summed E-state index contributed by atoms with van der Waals surface area (Å²) < 4.78 is 6.74. The number of ether oxygens (including phenoxy) is 1. The van der Waals surface area contributed by atoms with E-state index >= 15 is 0 Å². The fourth-order valence-electron chi connectivity index (χ4n) is 8.17. The van der Waals surface area contributed by atoms with Crippen LogP contribution in [-0.2, 0) is 10.3 Å². The lowest BCUT2D eigenvalue weighted by Gasteiger charge is -2.46. The first-order chi connectivity index (χ1) is 8.93. The zero-order chi connectivity index (χ0) is 11.2. The van der Waals surface area contributed by atoms with E-state index < -0.39 is 0 Å². The fraction of sp³-hybridized carbons (Fsp3) is 0.647. The third kappa shape index (κ3) is 0.499. The third-order valence-electron chi connectivity index (χ3n) is 7.93. The maximum absolute atomic E-state index is 6.74. The van der Waals surface area contributed by atoms with E-state index in [-0.39, 0.29) is 5.60 Å². The Labute approximate surface area is 107 Å². The lowest BCUT2D eigenvalue weighted by molar-refractivity contribution is -0.0356. The lowest BCUT2D eigenvalue weighted by Crippen LogP contribution is -2.47. The Kier molecular flexibility index (Phi) is 0.975. The highest BCUT2D eigenvalue weighted by atomic mass is 16.5. The van der Waals surface area contributed by atoms with Gasteiger partial charge in [0.25, 0.3) is 0 Å². The Morgan fingerprint density at radius 2 is 1.78 bits per heavy atom. The smallest absolute Gasteiger partial charge is 0.100 e. The Morgan fingerprint density at radius 1 is 0.889 bits per heavy atom. The molecule has 18 heavy (non-hydrogen) atoms.